The molecular formula is C22H16F2N6O3S. The van der Waals surface area contributed by atoms with Crippen molar-refractivity contribution in [1.29, 1.82) is 0 Å². The number of alkyl halides is 2. The maximum atomic E-state index is 13.5. The number of rotatable bonds is 5. The van der Waals surface area contributed by atoms with E-state index in [2.05, 4.69) is 20.4 Å². The Labute approximate surface area is 194 Å². The van der Waals surface area contributed by atoms with Crippen LogP contribution in [0.1, 0.15) is 43.5 Å². The summed E-state index contributed by atoms with van der Waals surface area (Å²) in [6.45, 7) is 3.62. The van der Waals surface area contributed by atoms with Gasteiger partial charge in [-0.15, -0.1) is 11.3 Å². The molecule has 5 aromatic rings. The van der Waals surface area contributed by atoms with E-state index < -0.39 is 23.9 Å². The molecule has 0 aliphatic rings. The Morgan fingerprint density at radius 1 is 1.24 bits per heavy atom. The highest BCUT2D eigenvalue weighted by Crippen LogP contribution is 2.42. The fraction of sp³-hybridized carbons (Fsp3) is 0.136. The highest BCUT2D eigenvalue weighted by atomic mass is 32.1. The zero-order valence-electron chi connectivity index (χ0n) is 17.8. The van der Waals surface area contributed by atoms with Gasteiger partial charge in [-0.05, 0) is 38.1 Å². The van der Waals surface area contributed by atoms with Gasteiger partial charge in [0.25, 0.3) is 18.2 Å². The SMILES string of the molecule is Cc1cc(C)n2ncc(C(=O)Nc3c(C(N)=O)sc4nc(C(F)F)cc(-c5ccco5)c34)c2n1. The first kappa shape index (κ1) is 21.6. The lowest BCUT2D eigenvalue weighted by Crippen LogP contribution is -2.17. The number of hydrogen-bond acceptors (Lipinski definition) is 7. The van der Waals surface area contributed by atoms with Gasteiger partial charge >= 0.3 is 0 Å². The van der Waals surface area contributed by atoms with E-state index in [4.69, 9.17) is 10.2 Å². The molecule has 0 saturated heterocycles. The number of hydrogen-bond donors (Lipinski definition) is 2. The van der Waals surface area contributed by atoms with Crippen LogP contribution in [-0.2, 0) is 0 Å². The Morgan fingerprint density at radius 2 is 2.03 bits per heavy atom. The molecule has 12 heteroatoms. The molecule has 9 nitrogen and oxygen atoms in total. The van der Waals surface area contributed by atoms with Crippen molar-refractivity contribution in [2.75, 3.05) is 5.32 Å². The number of anilines is 1. The Bertz CT molecular complexity index is 1590. The molecule has 5 heterocycles. The second-order valence-electron chi connectivity index (χ2n) is 7.51. The normalized spacial score (nSPS) is 11.6. The van der Waals surface area contributed by atoms with E-state index in [1.165, 1.54) is 23.0 Å². The van der Waals surface area contributed by atoms with E-state index >= 15 is 0 Å². The van der Waals surface area contributed by atoms with Crippen LogP contribution in [0.15, 0.2) is 41.1 Å². The number of aromatic nitrogens is 4. The van der Waals surface area contributed by atoms with Crippen molar-refractivity contribution < 1.29 is 22.8 Å². The zero-order valence-corrected chi connectivity index (χ0v) is 18.6. The first-order chi connectivity index (χ1) is 16.2. The smallest absolute Gasteiger partial charge is 0.280 e. The molecular weight excluding hydrogens is 466 g/mol. The zero-order chi connectivity index (χ0) is 24.1. The summed E-state index contributed by atoms with van der Waals surface area (Å²) in [6, 6.07) is 6.17. The van der Waals surface area contributed by atoms with Gasteiger partial charge in [-0.25, -0.2) is 23.3 Å². The second kappa shape index (κ2) is 7.99. The van der Waals surface area contributed by atoms with Crippen molar-refractivity contribution in [3.63, 3.8) is 0 Å². The van der Waals surface area contributed by atoms with Crippen LogP contribution in [0.2, 0.25) is 0 Å². The highest BCUT2D eigenvalue weighted by molar-refractivity contribution is 7.21. The standard InChI is InChI=1S/C22H16F2N6O3S/c1-9-6-10(2)30-20(27-9)12(8-26-30)21(32)29-16-15-11(14-4-3-5-33-14)7-13(18(23)24)28-22(15)34-17(16)19(25)31/h3-8,18H,1-2H3,(H2,25,31)(H,29,32). The van der Waals surface area contributed by atoms with Crippen molar-refractivity contribution in [2.45, 2.75) is 20.3 Å². The number of nitrogens with zero attached hydrogens (tertiary/aromatic N) is 4. The molecule has 5 aromatic heterocycles. The van der Waals surface area contributed by atoms with Crippen LogP contribution in [0.3, 0.4) is 0 Å². The monoisotopic (exact) mass is 482 g/mol. The molecule has 0 fully saturated rings. The lowest BCUT2D eigenvalue weighted by molar-refractivity contribution is 0.100. The molecule has 0 aromatic carbocycles. The molecule has 0 atom stereocenters. The van der Waals surface area contributed by atoms with Crippen LogP contribution >= 0.6 is 11.3 Å². The summed E-state index contributed by atoms with van der Waals surface area (Å²) in [5.41, 5.74) is 7.35. The lowest BCUT2D eigenvalue weighted by atomic mass is 10.1. The summed E-state index contributed by atoms with van der Waals surface area (Å²) in [7, 11) is 0. The number of fused-ring (bicyclic) bond motifs is 2. The topological polar surface area (TPSA) is 128 Å². The number of carbonyl (C=O) groups is 2. The highest BCUT2D eigenvalue weighted by Gasteiger charge is 2.27. The van der Waals surface area contributed by atoms with Gasteiger partial charge in [-0.2, -0.15) is 5.10 Å². The summed E-state index contributed by atoms with van der Waals surface area (Å²) in [5, 5.41) is 7.19. The third-order valence-electron chi connectivity index (χ3n) is 5.18. The molecule has 0 saturated carbocycles. The number of primary amides is 1. The minimum absolute atomic E-state index is 0.0353. The van der Waals surface area contributed by atoms with E-state index in [0.717, 1.165) is 17.0 Å². The number of furan rings is 1. The number of nitrogens with two attached hydrogens (primary N) is 1. The minimum Gasteiger partial charge on any atom is -0.464 e. The van der Waals surface area contributed by atoms with E-state index in [1.807, 2.05) is 13.0 Å². The van der Waals surface area contributed by atoms with Gasteiger partial charge in [0.2, 0.25) is 0 Å². The Balaban J connectivity index is 1.71. The first-order valence-electron chi connectivity index (χ1n) is 9.97. The molecule has 172 valence electrons. The quantitative estimate of drug-likeness (QED) is 0.379. The van der Waals surface area contributed by atoms with E-state index in [-0.39, 0.29) is 37.7 Å². The fourth-order valence-electron chi connectivity index (χ4n) is 3.76. The Morgan fingerprint density at radius 3 is 2.71 bits per heavy atom. The van der Waals surface area contributed by atoms with Gasteiger partial charge in [-0.1, -0.05) is 0 Å². The van der Waals surface area contributed by atoms with Gasteiger partial charge in [-0.3, -0.25) is 9.59 Å². The minimum atomic E-state index is -2.85. The third-order valence-corrected chi connectivity index (χ3v) is 6.28. The van der Waals surface area contributed by atoms with Gasteiger partial charge in [0.1, 0.15) is 26.7 Å². The average molecular weight is 482 g/mol. The molecule has 5 rings (SSSR count). The van der Waals surface area contributed by atoms with Crippen molar-refractivity contribution >= 4 is 44.7 Å². The van der Waals surface area contributed by atoms with Crippen molar-refractivity contribution in [2.24, 2.45) is 5.73 Å². The fourth-order valence-corrected chi connectivity index (χ4v) is 4.77. The van der Waals surface area contributed by atoms with Crippen LogP contribution in [0.4, 0.5) is 14.5 Å². The predicted molar refractivity (Wildman–Crippen MR) is 121 cm³/mol. The number of amides is 2. The number of pyridine rings is 1. The molecule has 0 bridgehead atoms. The molecule has 3 N–H and O–H groups in total. The maximum Gasteiger partial charge on any atom is 0.280 e. The predicted octanol–water partition coefficient (Wildman–Crippen LogP) is 4.50. The summed E-state index contributed by atoms with van der Waals surface area (Å²) in [5.74, 6) is -1.17. The van der Waals surface area contributed by atoms with Gasteiger partial charge in [0, 0.05) is 22.3 Å². The van der Waals surface area contributed by atoms with Crippen LogP contribution in [-0.4, -0.2) is 31.4 Å². The lowest BCUT2D eigenvalue weighted by Gasteiger charge is -2.09. The van der Waals surface area contributed by atoms with Crippen molar-refractivity contribution in [3.05, 3.63) is 64.2 Å². The number of aryl methyl sites for hydroxylation is 2. The molecule has 34 heavy (non-hydrogen) atoms. The summed E-state index contributed by atoms with van der Waals surface area (Å²) in [4.78, 5) is 34.0. The molecule has 0 spiro atoms. The summed E-state index contributed by atoms with van der Waals surface area (Å²) < 4.78 is 34.0. The van der Waals surface area contributed by atoms with Crippen LogP contribution < -0.4 is 11.1 Å². The van der Waals surface area contributed by atoms with Gasteiger partial charge in [0.05, 0.1) is 18.1 Å². The molecule has 0 unspecified atom stereocenters. The van der Waals surface area contributed by atoms with Crippen LogP contribution in [0, 0.1) is 13.8 Å². The molecule has 2 amide bonds. The molecule has 0 aliphatic carbocycles. The Hall–Kier alpha value is -4.19. The van der Waals surface area contributed by atoms with Crippen molar-refractivity contribution in [1.82, 2.24) is 19.6 Å². The largest absolute Gasteiger partial charge is 0.464 e. The number of thiophene rings is 1. The van der Waals surface area contributed by atoms with E-state index in [0.29, 0.717) is 11.3 Å². The molecule has 0 radical (unpaired) electrons. The van der Waals surface area contributed by atoms with E-state index in [9.17, 15) is 18.4 Å². The summed E-state index contributed by atoms with van der Waals surface area (Å²) >= 11 is 0.811. The first-order valence-corrected chi connectivity index (χ1v) is 10.8. The third kappa shape index (κ3) is 3.48. The van der Waals surface area contributed by atoms with Crippen LogP contribution in [0.25, 0.3) is 27.2 Å². The second-order valence-corrected chi connectivity index (χ2v) is 8.51. The van der Waals surface area contributed by atoms with Crippen molar-refractivity contribution in [3.8, 4) is 11.3 Å². The number of carbonyl (C=O) groups excluding carboxylic acids is 2. The molecule has 0 aliphatic heterocycles. The Kier molecular flexibility index (Phi) is 5.09. The van der Waals surface area contributed by atoms with Gasteiger partial charge in [0.15, 0.2) is 5.65 Å². The maximum absolute atomic E-state index is 13.5. The van der Waals surface area contributed by atoms with Crippen LogP contribution in [0.5, 0.6) is 0 Å². The van der Waals surface area contributed by atoms with E-state index in [1.54, 1.807) is 19.1 Å². The average Bonchev–Trinajstić information content (AvgIpc) is 3.51. The van der Waals surface area contributed by atoms with Gasteiger partial charge < -0.3 is 15.5 Å². The number of nitrogens with one attached hydrogen (secondary N) is 1. The number of halogens is 2. The summed E-state index contributed by atoms with van der Waals surface area (Å²) in [6.07, 6.45) is -0.103.